The van der Waals surface area contributed by atoms with Gasteiger partial charge in [-0.15, -0.1) is 0 Å². The maximum Gasteiger partial charge on any atom is 0.326 e. The van der Waals surface area contributed by atoms with E-state index in [1.54, 1.807) is 23.7 Å². The summed E-state index contributed by atoms with van der Waals surface area (Å²) in [6, 6.07) is -0.666. The highest BCUT2D eigenvalue weighted by molar-refractivity contribution is 7.98. The number of carbonyl (C=O) groups is 2. The molecule has 0 saturated carbocycles. The van der Waals surface area contributed by atoms with Crippen molar-refractivity contribution in [2.45, 2.75) is 38.3 Å². The summed E-state index contributed by atoms with van der Waals surface area (Å²) in [6.45, 7) is 2.55. The Morgan fingerprint density at radius 2 is 2.22 bits per heavy atom. The highest BCUT2D eigenvalue weighted by atomic mass is 32.2. The maximum absolute atomic E-state index is 12.2. The summed E-state index contributed by atoms with van der Waals surface area (Å²) in [7, 11) is 1.75. The van der Waals surface area contributed by atoms with E-state index >= 15 is 0 Å². The highest BCUT2D eigenvalue weighted by Gasteiger charge is 2.36. The second kappa shape index (κ2) is 6.87. The quantitative estimate of drug-likeness (QED) is 0.829. The summed E-state index contributed by atoms with van der Waals surface area (Å²) < 4.78 is 0. The zero-order valence-corrected chi connectivity index (χ0v) is 12.1. The number of hydrogen-bond acceptors (Lipinski definition) is 3. The van der Waals surface area contributed by atoms with Gasteiger partial charge in [0.25, 0.3) is 0 Å². The molecule has 1 saturated heterocycles. The Kier molecular flexibility index (Phi) is 5.78. The Morgan fingerprint density at radius 3 is 2.78 bits per heavy atom. The fourth-order valence-electron chi connectivity index (χ4n) is 2.13. The predicted octanol–water partition coefficient (Wildman–Crippen LogP) is 1.73. The van der Waals surface area contributed by atoms with Crippen molar-refractivity contribution in [1.82, 2.24) is 9.80 Å². The molecule has 0 aromatic carbocycles. The van der Waals surface area contributed by atoms with Crippen molar-refractivity contribution in [3.05, 3.63) is 0 Å². The molecule has 0 radical (unpaired) electrons. The minimum atomic E-state index is -0.897. The fourth-order valence-corrected chi connectivity index (χ4v) is 2.70. The molecule has 1 fully saturated rings. The van der Waals surface area contributed by atoms with Crippen LogP contribution in [0.2, 0.25) is 0 Å². The largest absolute Gasteiger partial charge is 0.480 e. The van der Waals surface area contributed by atoms with Crippen LogP contribution in [-0.4, -0.2) is 64.6 Å². The van der Waals surface area contributed by atoms with Crippen LogP contribution in [-0.2, 0) is 4.79 Å². The third kappa shape index (κ3) is 3.54. The molecule has 5 nitrogen and oxygen atoms in total. The highest BCUT2D eigenvalue weighted by Crippen LogP contribution is 2.20. The molecule has 1 aliphatic rings. The van der Waals surface area contributed by atoms with Gasteiger partial charge in [-0.3, -0.25) is 0 Å². The van der Waals surface area contributed by atoms with Crippen LogP contribution in [0.3, 0.4) is 0 Å². The van der Waals surface area contributed by atoms with Crippen LogP contribution >= 0.6 is 11.8 Å². The van der Waals surface area contributed by atoms with Gasteiger partial charge in [0.2, 0.25) is 0 Å². The molecular weight excluding hydrogens is 252 g/mol. The summed E-state index contributed by atoms with van der Waals surface area (Å²) in [4.78, 5) is 26.5. The first kappa shape index (κ1) is 15.1. The van der Waals surface area contributed by atoms with Gasteiger partial charge in [-0.2, -0.15) is 11.8 Å². The molecular formula is C12H22N2O3S. The van der Waals surface area contributed by atoms with Gasteiger partial charge in [-0.25, -0.2) is 9.59 Å². The number of thioether (sulfide) groups is 1. The van der Waals surface area contributed by atoms with Crippen LogP contribution in [0.25, 0.3) is 0 Å². The van der Waals surface area contributed by atoms with E-state index in [1.807, 2.05) is 13.2 Å². The van der Waals surface area contributed by atoms with Gasteiger partial charge in [0.15, 0.2) is 0 Å². The van der Waals surface area contributed by atoms with Crippen molar-refractivity contribution in [3.8, 4) is 0 Å². The minimum Gasteiger partial charge on any atom is -0.480 e. The molecule has 0 aromatic heterocycles. The van der Waals surface area contributed by atoms with E-state index < -0.39 is 12.0 Å². The number of rotatable bonds is 5. The Balaban J connectivity index is 2.59. The monoisotopic (exact) mass is 274 g/mol. The molecule has 104 valence electrons. The minimum absolute atomic E-state index is 0.139. The third-order valence-corrected chi connectivity index (χ3v) is 4.13. The van der Waals surface area contributed by atoms with Gasteiger partial charge < -0.3 is 14.9 Å². The first-order valence-corrected chi connectivity index (χ1v) is 7.63. The van der Waals surface area contributed by atoms with Crippen molar-refractivity contribution in [2.75, 3.05) is 25.6 Å². The number of nitrogens with zero attached hydrogens (tertiary/aromatic N) is 2. The van der Waals surface area contributed by atoms with Gasteiger partial charge >= 0.3 is 12.0 Å². The number of likely N-dealkylation sites (tertiary alicyclic amines) is 1. The van der Waals surface area contributed by atoms with Crippen LogP contribution < -0.4 is 0 Å². The van der Waals surface area contributed by atoms with Crippen LogP contribution in [0.4, 0.5) is 4.79 Å². The van der Waals surface area contributed by atoms with E-state index in [9.17, 15) is 9.59 Å². The van der Waals surface area contributed by atoms with Crippen molar-refractivity contribution < 1.29 is 14.7 Å². The van der Waals surface area contributed by atoms with Gasteiger partial charge in [0.1, 0.15) is 6.04 Å². The Hall–Kier alpha value is -0.910. The van der Waals surface area contributed by atoms with Gasteiger partial charge in [-0.05, 0) is 38.2 Å². The molecule has 18 heavy (non-hydrogen) atoms. The summed E-state index contributed by atoms with van der Waals surface area (Å²) in [5.74, 6) is 0.104. The molecule has 0 aromatic rings. The molecule has 0 bridgehead atoms. The van der Waals surface area contributed by atoms with Crippen LogP contribution in [0.1, 0.15) is 26.2 Å². The number of amides is 2. The van der Waals surface area contributed by atoms with Crippen molar-refractivity contribution in [2.24, 2.45) is 0 Å². The zero-order valence-electron chi connectivity index (χ0n) is 11.3. The standard InChI is InChI=1S/C12H22N2O3S/c1-9(6-8-18-3)13(2)12(17)14-7-4-5-10(14)11(15)16/h9-10H,4-8H2,1-3H3,(H,15,16)/t9?,10-/m0/s1. The van der Waals surface area contributed by atoms with Crippen LogP contribution in [0.15, 0.2) is 0 Å². The molecule has 1 N–H and O–H groups in total. The van der Waals surface area contributed by atoms with Crippen molar-refractivity contribution >= 4 is 23.8 Å². The molecule has 0 aliphatic carbocycles. The van der Waals surface area contributed by atoms with Gasteiger partial charge in [-0.1, -0.05) is 0 Å². The second-order valence-corrected chi connectivity index (χ2v) is 5.70. The molecule has 1 heterocycles. The number of carbonyl (C=O) groups excluding carboxylic acids is 1. The zero-order chi connectivity index (χ0) is 13.7. The lowest BCUT2D eigenvalue weighted by Gasteiger charge is -2.31. The Bertz CT molecular complexity index is 312. The number of urea groups is 1. The van der Waals surface area contributed by atoms with Crippen molar-refractivity contribution in [3.63, 3.8) is 0 Å². The second-order valence-electron chi connectivity index (χ2n) is 4.71. The van der Waals surface area contributed by atoms with Crippen LogP contribution in [0, 0.1) is 0 Å². The third-order valence-electron chi connectivity index (χ3n) is 3.49. The average Bonchev–Trinajstić information content (AvgIpc) is 2.83. The van der Waals surface area contributed by atoms with E-state index in [0.29, 0.717) is 13.0 Å². The Labute approximate surface area is 113 Å². The lowest BCUT2D eigenvalue weighted by Crippen LogP contribution is -2.49. The number of carboxylic acid groups (broad SMARTS) is 1. The van der Waals surface area contributed by atoms with Crippen molar-refractivity contribution in [1.29, 1.82) is 0 Å². The SMILES string of the molecule is CSCCC(C)N(C)C(=O)N1CCC[C@H]1C(=O)O. The van der Waals surface area contributed by atoms with E-state index in [0.717, 1.165) is 18.6 Å². The lowest BCUT2D eigenvalue weighted by molar-refractivity contribution is -0.141. The van der Waals surface area contributed by atoms with Gasteiger partial charge in [0, 0.05) is 19.6 Å². The number of aliphatic carboxylic acids is 1. The molecule has 0 spiro atoms. The molecule has 6 heteroatoms. The summed E-state index contributed by atoms with van der Waals surface area (Å²) in [5.41, 5.74) is 0. The summed E-state index contributed by atoms with van der Waals surface area (Å²) in [6.07, 6.45) is 4.30. The van der Waals surface area contributed by atoms with E-state index in [-0.39, 0.29) is 12.1 Å². The maximum atomic E-state index is 12.2. The van der Waals surface area contributed by atoms with Gasteiger partial charge in [0.05, 0.1) is 0 Å². The summed E-state index contributed by atoms with van der Waals surface area (Å²) >= 11 is 1.75. The smallest absolute Gasteiger partial charge is 0.326 e. The Morgan fingerprint density at radius 1 is 1.56 bits per heavy atom. The summed E-state index contributed by atoms with van der Waals surface area (Å²) in [5, 5.41) is 9.08. The molecule has 1 rings (SSSR count). The molecule has 1 aliphatic heterocycles. The van der Waals surface area contributed by atoms with E-state index in [4.69, 9.17) is 5.11 Å². The molecule has 1 unspecified atom stereocenters. The number of hydrogen-bond donors (Lipinski definition) is 1. The first-order valence-electron chi connectivity index (χ1n) is 6.24. The van der Waals surface area contributed by atoms with E-state index in [2.05, 4.69) is 0 Å². The normalized spacial score (nSPS) is 20.8. The number of carboxylic acids is 1. The average molecular weight is 274 g/mol. The fraction of sp³-hybridized carbons (Fsp3) is 0.833. The first-order chi connectivity index (χ1) is 8.49. The van der Waals surface area contributed by atoms with Crippen LogP contribution in [0.5, 0.6) is 0 Å². The molecule has 2 atom stereocenters. The molecule has 2 amide bonds. The van der Waals surface area contributed by atoms with E-state index in [1.165, 1.54) is 4.90 Å². The lowest BCUT2D eigenvalue weighted by atomic mass is 10.2. The predicted molar refractivity (Wildman–Crippen MR) is 73.0 cm³/mol. The topological polar surface area (TPSA) is 60.9 Å².